The number of anilines is 1. The van der Waals surface area contributed by atoms with E-state index in [9.17, 15) is 8.42 Å². The molecule has 0 spiro atoms. The quantitative estimate of drug-likeness (QED) is 0.396. The highest BCUT2D eigenvalue weighted by Crippen LogP contribution is 2.43. The van der Waals surface area contributed by atoms with Crippen molar-refractivity contribution in [2.24, 2.45) is 11.3 Å². The molecule has 0 unspecified atom stereocenters. The van der Waals surface area contributed by atoms with Crippen LogP contribution in [0, 0.1) is 11.3 Å². The number of piperidine rings is 1. The molecule has 0 aromatic carbocycles. The summed E-state index contributed by atoms with van der Waals surface area (Å²) in [4.78, 5) is 11.4. The van der Waals surface area contributed by atoms with E-state index in [4.69, 9.17) is 4.74 Å². The van der Waals surface area contributed by atoms with Crippen LogP contribution in [-0.4, -0.2) is 68.1 Å². The molecule has 8 nitrogen and oxygen atoms in total. The molecule has 2 aromatic heterocycles. The Morgan fingerprint density at radius 2 is 2.07 bits per heavy atom. The second kappa shape index (κ2) is 8.21. The summed E-state index contributed by atoms with van der Waals surface area (Å²) in [5.41, 5.74) is 0.837. The maximum atomic E-state index is 11.5. The predicted octanol–water partition coefficient (Wildman–Crippen LogP) is 2.42. The van der Waals surface area contributed by atoms with E-state index >= 15 is 0 Å². The van der Waals surface area contributed by atoms with E-state index in [2.05, 4.69) is 47.5 Å². The minimum Gasteiger partial charge on any atom is -0.361 e. The Bertz CT molecular complexity index is 980. The van der Waals surface area contributed by atoms with Gasteiger partial charge in [0.2, 0.25) is 10.9 Å². The zero-order valence-electron chi connectivity index (χ0n) is 18.4. The van der Waals surface area contributed by atoms with Crippen LogP contribution in [0.15, 0.2) is 18.6 Å². The van der Waals surface area contributed by atoms with Crippen molar-refractivity contribution in [2.45, 2.75) is 45.8 Å². The van der Waals surface area contributed by atoms with Crippen molar-refractivity contribution in [1.29, 1.82) is 0 Å². The smallest absolute Gasteiger partial charge is 0.203 e. The molecule has 2 saturated heterocycles. The van der Waals surface area contributed by atoms with Crippen molar-refractivity contribution in [3.05, 3.63) is 18.6 Å². The molecule has 0 bridgehead atoms. The Hall–Kier alpha value is -1.49. The lowest BCUT2D eigenvalue weighted by Crippen LogP contribution is -2.47. The molecule has 2 atom stereocenters. The third-order valence-electron chi connectivity index (χ3n) is 6.55. The summed E-state index contributed by atoms with van der Waals surface area (Å²) in [5.74, 6) is 1.34. The number of hydrogen-bond donors (Lipinski definition) is 1. The van der Waals surface area contributed by atoms with Gasteiger partial charge in [-0.2, -0.15) is 0 Å². The first-order valence-corrected chi connectivity index (χ1v) is 15.5. The second-order valence-electron chi connectivity index (χ2n) is 10.2. The van der Waals surface area contributed by atoms with Crippen molar-refractivity contribution in [1.82, 2.24) is 18.8 Å². The van der Waals surface area contributed by atoms with Crippen LogP contribution in [-0.2, 0) is 22.4 Å². The van der Waals surface area contributed by atoms with Crippen LogP contribution in [0.4, 0.5) is 5.82 Å². The van der Waals surface area contributed by atoms with Gasteiger partial charge in [-0.05, 0) is 24.4 Å². The summed E-state index contributed by atoms with van der Waals surface area (Å²) in [6.45, 7) is 13.5. The fourth-order valence-electron chi connectivity index (χ4n) is 4.72. The Morgan fingerprint density at radius 1 is 1.27 bits per heavy atom. The molecule has 0 amide bonds. The monoisotopic (exact) mass is 451 g/mol. The Kier molecular flexibility index (Phi) is 5.95. The second-order valence-corrected chi connectivity index (χ2v) is 16.9. The van der Waals surface area contributed by atoms with Gasteiger partial charge in [-0.1, -0.05) is 26.6 Å². The molecular weight excluding hydrogens is 418 g/mol. The van der Waals surface area contributed by atoms with Gasteiger partial charge in [0.25, 0.3) is 0 Å². The van der Waals surface area contributed by atoms with Crippen LogP contribution in [0.2, 0.25) is 25.7 Å². The van der Waals surface area contributed by atoms with E-state index in [1.807, 2.05) is 10.8 Å². The molecule has 2 aliphatic heterocycles. The van der Waals surface area contributed by atoms with Gasteiger partial charge in [0.15, 0.2) is 0 Å². The average molecular weight is 452 g/mol. The number of hydrogen-bond acceptors (Lipinski definition) is 6. The van der Waals surface area contributed by atoms with E-state index in [0.717, 1.165) is 49.0 Å². The van der Waals surface area contributed by atoms with Crippen molar-refractivity contribution >= 4 is 35.8 Å². The first-order valence-electron chi connectivity index (χ1n) is 10.7. The molecule has 4 rings (SSSR count). The van der Waals surface area contributed by atoms with Gasteiger partial charge in [0, 0.05) is 52.5 Å². The highest BCUT2D eigenvalue weighted by atomic mass is 32.2. The molecule has 0 saturated carbocycles. The van der Waals surface area contributed by atoms with Crippen molar-refractivity contribution < 1.29 is 13.2 Å². The maximum Gasteiger partial charge on any atom is 0.203 e. The van der Waals surface area contributed by atoms with Crippen LogP contribution >= 0.6 is 0 Å². The van der Waals surface area contributed by atoms with Crippen LogP contribution < -0.4 is 4.90 Å². The molecule has 2 aliphatic rings. The number of ether oxygens (including phenoxy) is 1. The van der Waals surface area contributed by atoms with Gasteiger partial charge in [-0.25, -0.2) is 22.7 Å². The van der Waals surface area contributed by atoms with E-state index in [1.165, 1.54) is 0 Å². The van der Waals surface area contributed by atoms with Gasteiger partial charge in [0.05, 0.1) is 5.39 Å². The molecule has 0 aliphatic carbocycles. The molecule has 30 heavy (non-hydrogen) atoms. The zero-order valence-corrected chi connectivity index (χ0v) is 20.3. The van der Waals surface area contributed by atoms with E-state index in [0.29, 0.717) is 25.7 Å². The molecule has 2 aromatic rings. The normalized spacial score (nSPS) is 25.4. The number of fused-ring (bicyclic) bond motifs is 2. The lowest BCUT2D eigenvalue weighted by atomic mass is 9.75. The molecule has 2 fully saturated rings. The first-order chi connectivity index (χ1) is 14.2. The SMILES string of the molecule is C[C@@]12CN(c3ncnc4c3ccn4COCC[Si](C)(C)C)CC[C@@H]1CN([SH](=O)=O)C2. The number of rotatable bonds is 7. The molecular formula is C20H33N5O3SSi. The van der Waals surface area contributed by atoms with Gasteiger partial charge in [0.1, 0.15) is 24.5 Å². The summed E-state index contributed by atoms with van der Waals surface area (Å²) in [6, 6.07) is 3.21. The molecule has 0 N–H and O–H groups in total. The molecule has 10 heteroatoms. The third-order valence-corrected chi connectivity index (χ3v) is 9.02. The summed E-state index contributed by atoms with van der Waals surface area (Å²) in [5, 5.41) is 1.03. The van der Waals surface area contributed by atoms with Crippen LogP contribution in [0.25, 0.3) is 11.0 Å². The van der Waals surface area contributed by atoms with Gasteiger partial charge in [-0.15, -0.1) is 0 Å². The number of aromatic nitrogens is 3. The van der Waals surface area contributed by atoms with Crippen molar-refractivity contribution in [3.63, 3.8) is 0 Å². The van der Waals surface area contributed by atoms with Gasteiger partial charge >= 0.3 is 0 Å². The topological polar surface area (TPSA) is 80.6 Å². The summed E-state index contributed by atoms with van der Waals surface area (Å²) >= 11 is 0. The first kappa shape index (κ1) is 21.7. The highest BCUT2D eigenvalue weighted by Gasteiger charge is 2.47. The van der Waals surface area contributed by atoms with E-state index < -0.39 is 19.0 Å². The predicted molar refractivity (Wildman–Crippen MR) is 122 cm³/mol. The fourth-order valence-corrected chi connectivity index (χ4v) is 6.25. The molecule has 166 valence electrons. The third kappa shape index (κ3) is 4.41. The Morgan fingerprint density at radius 3 is 2.80 bits per heavy atom. The maximum absolute atomic E-state index is 11.5. The van der Waals surface area contributed by atoms with Crippen LogP contribution in [0.1, 0.15) is 13.3 Å². The van der Waals surface area contributed by atoms with Crippen molar-refractivity contribution in [3.8, 4) is 0 Å². The summed E-state index contributed by atoms with van der Waals surface area (Å²) in [6.07, 6.45) is 4.62. The zero-order chi connectivity index (χ0) is 21.5. The van der Waals surface area contributed by atoms with Crippen LogP contribution in [0.5, 0.6) is 0 Å². The molecule has 4 heterocycles. The minimum absolute atomic E-state index is 0.0482. The summed E-state index contributed by atoms with van der Waals surface area (Å²) in [7, 11) is -3.61. The fraction of sp³-hybridized carbons (Fsp3) is 0.700. The van der Waals surface area contributed by atoms with Gasteiger partial charge < -0.3 is 14.2 Å². The summed E-state index contributed by atoms with van der Waals surface area (Å²) < 4.78 is 32.6. The van der Waals surface area contributed by atoms with Gasteiger partial charge in [-0.3, -0.25) is 0 Å². The number of nitrogens with zero attached hydrogens (tertiary/aromatic N) is 5. The average Bonchev–Trinajstić information content (AvgIpc) is 3.24. The highest BCUT2D eigenvalue weighted by molar-refractivity contribution is 7.69. The Labute approximate surface area is 181 Å². The van der Waals surface area contributed by atoms with Crippen LogP contribution in [0.3, 0.4) is 0 Å². The lowest BCUT2D eigenvalue weighted by molar-refractivity contribution is 0.0899. The van der Waals surface area contributed by atoms with Crippen molar-refractivity contribution in [2.75, 3.05) is 37.7 Å². The standard InChI is InChI=1S/C20H33N5O3SSi/c1-20-12-23(7-5-16(20)11-25(13-20)29(26)27)18-17-6-8-24(19(17)22-14-21-18)15-28-9-10-30(2,3)4/h6,8,14,16,29H,5,7,9-13,15H2,1-4H3/t16-,20+/m1/s1. The van der Waals surface area contributed by atoms with E-state index in [1.54, 1.807) is 10.6 Å². The lowest BCUT2D eigenvalue weighted by Gasteiger charge is -2.42. The Balaban J connectivity index is 1.49. The largest absolute Gasteiger partial charge is 0.361 e. The number of thiol groups is 1. The molecule has 0 radical (unpaired) electrons. The minimum atomic E-state index is -2.50. The van der Waals surface area contributed by atoms with E-state index in [-0.39, 0.29) is 5.41 Å².